The Morgan fingerprint density at radius 1 is 1.33 bits per heavy atom. The predicted octanol–water partition coefficient (Wildman–Crippen LogP) is 2.91. The molecule has 0 fully saturated rings. The van der Waals surface area contributed by atoms with Gasteiger partial charge in [-0.15, -0.1) is 0 Å². The fraction of sp³-hybridized carbons (Fsp3) is 0.333. The highest BCUT2D eigenvalue weighted by molar-refractivity contribution is 6.32. The first-order chi connectivity index (χ1) is 8.54. The van der Waals surface area contributed by atoms with Gasteiger partial charge in [0.25, 0.3) is 0 Å². The van der Waals surface area contributed by atoms with E-state index in [0.717, 1.165) is 22.8 Å². The minimum absolute atomic E-state index is 0.640. The van der Waals surface area contributed by atoms with Crippen molar-refractivity contribution in [3.05, 3.63) is 39.3 Å². The normalized spacial score (nSPS) is 10.9. The van der Waals surface area contributed by atoms with Gasteiger partial charge in [0.15, 0.2) is 5.82 Å². The van der Waals surface area contributed by atoms with Gasteiger partial charge in [0.1, 0.15) is 0 Å². The molecule has 1 N–H and O–H groups in total. The molecule has 0 amide bonds. The van der Waals surface area contributed by atoms with Gasteiger partial charge in [-0.05, 0) is 32.5 Å². The second-order valence-corrected chi connectivity index (χ2v) is 4.85. The Balaban J connectivity index is 2.50. The van der Waals surface area contributed by atoms with E-state index in [1.807, 2.05) is 27.0 Å². The minimum Gasteiger partial charge on any atom is -0.316 e. The van der Waals surface area contributed by atoms with Crippen LogP contribution in [0.2, 0.25) is 10.0 Å². The summed E-state index contributed by atoms with van der Waals surface area (Å²) in [6.45, 7) is 4.47. The Morgan fingerprint density at radius 2 is 2.06 bits per heavy atom. The van der Waals surface area contributed by atoms with E-state index in [0.29, 0.717) is 16.6 Å². The maximum absolute atomic E-state index is 6.13. The van der Waals surface area contributed by atoms with Gasteiger partial charge in [-0.2, -0.15) is 5.10 Å². The number of aryl methyl sites for hydroxylation is 1. The van der Waals surface area contributed by atoms with Crippen LogP contribution >= 0.6 is 23.2 Å². The first-order valence-electron chi connectivity index (χ1n) is 5.55. The lowest BCUT2D eigenvalue weighted by atomic mass is 10.2. The molecule has 2 rings (SSSR count). The second kappa shape index (κ2) is 5.26. The smallest absolute Gasteiger partial charge is 0.154 e. The lowest BCUT2D eigenvalue weighted by Gasteiger charge is -2.07. The zero-order chi connectivity index (χ0) is 13.3. The molecule has 0 saturated heterocycles. The molecule has 0 aromatic carbocycles. The molecule has 0 unspecified atom stereocenters. The maximum Gasteiger partial charge on any atom is 0.154 e. The highest BCUT2D eigenvalue weighted by Gasteiger charge is 2.12. The third-order valence-corrected chi connectivity index (χ3v) is 3.59. The SMILES string of the molecule is CNCc1cc(-n2nc(C)c(Cl)c2C)ncc1Cl. The van der Waals surface area contributed by atoms with Crippen LogP contribution in [0, 0.1) is 13.8 Å². The number of halogens is 2. The number of aromatic nitrogens is 3. The monoisotopic (exact) mass is 284 g/mol. The van der Waals surface area contributed by atoms with E-state index in [-0.39, 0.29) is 0 Å². The highest BCUT2D eigenvalue weighted by atomic mass is 35.5. The summed E-state index contributed by atoms with van der Waals surface area (Å²) in [6.07, 6.45) is 1.63. The molecule has 18 heavy (non-hydrogen) atoms. The third-order valence-electron chi connectivity index (χ3n) is 2.71. The molecule has 96 valence electrons. The van der Waals surface area contributed by atoms with Gasteiger partial charge in [-0.25, -0.2) is 9.67 Å². The van der Waals surface area contributed by atoms with E-state index in [2.05, 4.69) is 15.4 Å². The average Bonchev–Trinajstić information content (AvgIpc) is 2.60. The van der Waals surface area contributed by atoms with Crippen molar-refractivity contribution in [1.29, 1.82) is 0 Å². The number of hydrogen-bond acceptors (Lipinski definition) is 3. The third kappa shape index (κ3) is 2.36. The molecule has 2 heterocycles. The van der Waals surface area contributed by atoms with Crippen LogP contribution in [0.5, 0.6) is 0 Å². The van der Waals surface area contributed by atoms with Crippen LogP contribution in [0.25, 0.3) is 5.82 Å². The quantitative estimate of drug-likeness (QED) is 0.943. The molecule has 6 heteroatoms. The number of nitrogens with zero attached hydrogens (tertiary/aromatic N) is 3. The Hall–Kier alpha value is -1.10. The van der Waals surface area contributed by atoms with Gasteiger partial charge >= 0.3 is 0 Å². The van der Waals surface area contributed by atoms with Crippen LogP contribution in [0.4, 0.5) is 0 Å². The summed E-state index contributed by atoms with van der Waals surface area (Å²) in [4.78, 5) is 4.29. The van der Waals surface area contributed by atoms with E-state index < -0.39 is 0 Å². The molecule has 2 aromatic heterocycles. The van der Waals surface area contributed by atoms with Crippen LogP contribution in [0.3, 0.4) is 0 Å². The molecular formula is C12H14Cl2N4. The zero-order valence-electron chi connectivity index (χ0n) is 10.5. The van der Waals surface area contributed by atoms with Crippen LogP contribution < -0.4 is 5.32 Å². The van der Waals surface area contributed by atoms with Crippen LogP contribution in [-0.2, 0) is 6.54 Å². The van der Waals surface area contributed by atoms with Crippen molar-refractivity contribution in [2.75, 3.05) is 7.05 Å². The average molecular weight is 285 g/mol. The van der Waals surface area contributed by atoms with Crippen LogP contribution in [0.1, 0.15) is 17.0 Å². The molecule has 0 aliphatic heterocycles. The van der Waals surface area contributed by atoms with Gasteiger partial charge in [-0.3, -0.25) is 0 Å². The molecule has 4 nitrogen and oxygen atoms in total. The Morgan fingerprint density at radius 3 is 2.61 bits per heavy atom. The molecule has 0 aliphatic carbocycles. The van der Waals surface area contributed by atoms with Crippen molar-refractivity contribution in [2.24, 2.45) is 0 Å². The van der Waals surface area contributed by atoms with Gasteiger partial charge in [-0.1, -0.05) is 23.2 Å². The van der Waals surface area contributed by atoms with Gasteiger partial charge in [0.2, 0.25) is 0 Å². The standard InChI is InChI=1S/C12H14Cl2N4/c1-7-12(14)8(2)18(17-7)11-4-9(5-15-3)10(13)6-16-11/h4,6,15H,5H2,1-3H3. The van der Waals surface area contributed by atoms with Crippen molar-refractivity contribution in [2.45, 2.75) is 20.4 Å². The summed E-state index contributed by atoms with van der Waals surface area (Å²) in [5.41, 5.74) is 2.65. The van der Waals surface area contributed by atoms with Gasteiger partial charge in [0.05, 0.1) is 21.4 Å². The summed E-state index contributed by atoms with van der Waals surface area (Å²) >= 11 is 12.2. The van der Waals surface area contributed by atoms with Crippen molar-refractivity contribution in [3.63, 3.8) is 0 Å². The van der Waals surface area contributed by atoms with Gasteiger partial charge < -0.3 is 5.32 Å². The summed E-state index contributed by atoms with van der Waals surface area (Å²) < 4.78 is 1.73. The molecule has 0 spiro atoms. The van der Waals surface area contributed by atoms with Crippen molar-refractivity contribution in [1.82, 2.24) is 20.1 Å². The van der Waals surface area contributed by atoms with Crippen LogP contribution in [-0.4, -0.2) is 21.8 Å². The van der Waals surface area contributed by atoms with Crippen molar-refractivity contribution < 1.29 is 0 Å². The molecule has 0 saturated carbocycles. The highest BCUT2D eigenvalue weighted by Crippen LogP contribution is 2.23. The summed E-state index contributed by atoms with van der Waals surface area (Å²) in [5.74, 6) is 0.720. The Bertz CT molecular complexity index is 578. The maximum atomic E-state index is 6.13. The first kappa shape index (κ1) is 13.3. The molecule has 0 atom stereocenters. The van der Waals surface area contributed by atoms with Crippen molar-refractivity contribution >= 4 is 23.2 Å². The van der Waals surface area contributed by atoms with E-state index in [4.69, 9.17) is 23.2 Å². The largest absolute Gasteiger partial charge is 0.316 e. The second-order valence-electron chi connectivity index (χ2n) is 4.06. The summed E-state index contributed by atoms with van der Waals surface area (Å²) in [7, 11) is 1.87. The number of rotatable bonds is 3. The molecule has 0 radical (unpaired) electrons. The van der Waals surface area contributed by atoms with E-state index in [9.17, 15) is 0 Å². The number of hydrogen-bond donors (Lipinski definition) is 1. The van der Waals surface area contributed by atoms with E-state index in [1.54, 1.807) is 10.9 Å². The molecule has 0 aliphatic rings. The van der Waals surface area contributed by atoms with Crippen LogP contribution in [0.15, 0.2) is 12.3 Å². The number of nitrogens with one attached hydrogen (secondary N) is 1. The first-order valence-corrected chi connectivity index (χ1v) is 6.31. The summed E-state index contributed by atoms with van der Waals surface area (Å²) in [6, 6.07) is 1.91. The predicted molar refractivity (Wildman–Crippen MR) is 73.6 cm³/mol. The van der Waals surface area contributed by atoms with Gasteiger partial charge in [0, 0.05) is 12.7 Å². The van der Waals surface area contributed by atoms with Crippen molar-refractivity contribution in [3.8, 4) is 5.82 Å². The molecule has 0 bridgehead atoms. The molecular weight excluding hydrogens is 271 g/mol. The fourth-order valence-corrected chi connectivity index (χ4v) is 2.04. The van der Waals surface area contributed by atoms with E-state index in [1.165, 1.54) is 0 Å². The fourth-order valence-electron chi connectivity index (χ4n) is 1.76. The molecule has 2 aromatic rings. The topological polar surface area (TPSA) is 42.7 Å². The Kier molecular flexibility index (Phi) is 3.90. The van der Waals surface area contributed by atoms with E-state index >= 15 is 0 Å². The zero-order valence-corrected chi connectivity index (χ0v) is 12.0. The summed E-state index contributed by atoms with van der Waals surface area (Å²) in [5, 5.41) is 8.74. The lowest BCUT2D eigenvalue weighted by Crippen LogP contribution is -2.08. The number of pyridine rings is 1. The Labute approximate surface area is 116 Å². The minimum atomic E-state index is 0.640. The lowest BCUT2D eigenvalue weighted by molar-refractivity contribution is 0.785.